The molecule has 0 aliphatic heterocycles. The monoisotopic (exact) mass is 234 g/mol. The zero-order valence-electron chi connectivity index (χ0n) is 9.60. The molecular formula is C13H14O4. The molecule has 0 amide bonds. The van der Waals surface area contributed by atoms with E-state index in [9.17, 15) is 9.59 Å². The van der Waals surface area contributed by atoms with Gasteiger partial charge < -0.3 is 9.84 Å². The third-order valence-electron chi connectivity index (χ3n) is 3.13. The van der Waals surface area contributed by atoms with Crippen LogP contribution in [0.5, 0.6) is 5.75 Å². The van der Waals surface area contributed by atoms with Crippen LogP contribution in [0.15, 0.2) is 18.2 Å². The van der Waals surface area contributed by atoms with Gasteiger partial charge in [0.15, 0.2) is 5.78 Å². The zero-order valence-corrected chi connectivity index (χ0v) is 9.60. The van der Waals surface area contributed by atoms with Crippen molar-refractivity contribution in [2.45, 2.75) is 19.3 Å². The minimum Gasteiger partial charge on any atom is -0.497 e. The number of benzene rings is 1. The minimum atomic E-state index is -0.916. The molecule has 0 heterocycles. The van der Waals surface area contributed by atoms with Crippen LogP contribution in [0.3, 0.4) is 0 Å². The molecule has 1 atom stereocenters. The number of aliphatic carboxylic acids is 1. The van der Waals surface area contributed by atoms with Crippen LogP contribution >= 0.6 is 0 Å². The highest BCUT2D eigenvalue weighted by Crippen LogP contribution is 2.30. The number of carbonyl (C=O) groups excluding carboxylic acids is 1. The Kier molecular flexibility index (Phi) is 3.13. The molecule has 90 valence electrons. The van der Waals surface area contributed by atoms with E-state index in [4.69, 9.17) is 9.84 Å². The van der Waals surface area contributed by atoms with Gasteiger partial charge in [-0.05, 0) is 36.6 Å². The van der Waals surface area contributed by atoms with Crippen LogP contribution in [0.1, 0.15) is 28.8 Å². The highest BCUT2D eigenvalue weighted by molar-refractivity contribution is 6.01. The van der Waals surface area contributed by atoms with E-state index >= 15 is 0 Å². The van der Waals surface area contributed by atoms with Gasteiger partial charge in [-0.2, -0.15) is 0 Å². The highest BCUT2D eigenvalue weighted by Gasteiger charge is 2.29. The molecule has 1 aliphatic rings. The van der Waals surface area contributed by atoms with Crippen molar-refractivity contribution in [2.75, 3.05) is 7.11 Å². The second-order valence-electron chi connectivity index (χ2n) is 4.22. The van der Waals surface area contributed by atoms with Gasteiger partial charge in [0.1, 0.15) is 5.75 Å². The van der Waals surface area contributed by atoms with Crippen LogP contribution in [0.2, 0.25) is 0 Å². The average molecular weight is 234 g/mol. The molecule has 4 heteroatoms. The predicted molar refractivity (Wildman–Crippen MR) is 61.4 cm³/mol. The Hall–Kier alpha value is -1.84. The molecule has 2 rings (SSSR count). The molecule has 1 aromatic rings. The standard InChI is InChI=1S/C13H14O4/c1-17-10-4-5-11-8(6-10)2-3-9(13(11)16)7-12(14)15/h4-6,9H,2-3,7H2,1H3,(H,14,15). The van der Waals surface area contributed by atoms with Crippen molar-refractivity contribution in [3.8, 4) is 5.75 Å². The normalized spacial score (nSPS) is 18.6. The maximum absolute atomic E-state index is 12.0. The second-order valence-corrected chi connectivity index (χ2v) is 4.22. The fourth-order valence-electron chi connectivity index (χ4n) is 2.23. The summed E-state index contributed by atoms with van der Waals surface area (Å²) in [6, 6.07) is 5.31. The lowest BCUT2D eigenvalue weighted by molar-refractivity contribution is -0.137. The Morgan fingerprint density at radius 3 is 2.94 bits per heavy atom. The lowest BCUT2D eigenvalue weighted by atomic mass is 9.81. The Labute approximate surface area is 99.2 Å². The summed E-state index contributed by atoms with van der Waals surface area (Å²) in [5.74, 6) is -0.627. The summed E-state index contributed by atoms with van der Waals surface area (Å²) in [7, 11) is 1.58. The van der Waals surface area contributed by atoms with Gasteiger partial charge in [-0.15, -0.1) is 0 Å². The maximum atomic E-state index is 12.0. The summed E-state index contributed by atoms with van der Waals surface area (Å²) in [6.45, 7) is 0. The van der Waals surface area contributed by atoms with E-state index in [1.165, 1.54) is 0 Å². The second kappa shape index (κ2) is 4.57. The van der Waals surface area contributed by atoms with E-state index < -0.39 is 5.97 Å². The van der Waals surface area contributed by atoms with Gasteiger partial charge in [-0.1, -0.05) is 0 Å². The van der Waals surface area contributed by atoms with Crippen molar-refractivity contribution >= 4 is 11.8 Å². The first-order valence-corrected chi connectivity index (χ1v) is 5.54. The molecule has 0 saturated carbocycles. The minimum absolute atomic E-state index is 0.0590. The van der Waals surface area contributed by atoms with Crippen molar-refractivity contribution in [2.24, 2.45) is 5.92 Å². The Bertz CT molecular complexity index is 464. The number of carboxylic acid groups (broad SMARTS) is 1. The molecule has 1 aromatic carbocycles. The summed E-state index contributed by atoms with van der Waals surface area (Å²) in [6.07, 6.45) is 1.26. The summed E-state index contributed by atoms with van der Waals surface area (Å²) in [4.78, 5) is 22.7. The summed E-state index contributed by atoms with van der Waals surface area (Å²) >= 11 is 0. The van der Waals surface area contributed by atoms with Gasteiger partial charge in [-0.3, -0.25) is 9.59 Å². The van der Waals surface area contributed by atoms with Gasteiger partial charge >= 0.3 is 5.97 Å². The molecule has 1 unspecified atom stereocenters. The summed E-state index contributed by atoms with van der Waals surface area (Å²) < 4.78 is 5.10. The van der Waals surface area contributed by atoms with Crippen molar-refractivity contribution in [3.63, 3.8) is 0 Å². The van der Waals surface area contributed by atoms with Gasteiger partial charge in [-0.25, -0.2) is 0 Å². The van der Waals surface area contributed by atoms with Crippen LogP contribution in [0.25, 0.3) is 0 Å². The highest BCUT2D eigenvalue weighted by atomic mass is 16.5. The smallest absolute Gasteiger partial charge is 0.304 e. The SMILES string of the molecule is COc1ccc2c(c1)CCC(CC(=O)O)C2=O. The Morgan fingerprint density at radius 1 is 1.53 bits per heavy atom. The number of Topliss-reactive ketones (excluding diaryl/α,β-unsaturated/α-hetero) is 1. The molecule has 0 radical (unpaired) electrons. The van der Waals surface area contributed by atoms with Crippen LogP contribution in [-0.2, 0) is 11.2 Å². The number of hydrogen-bond donors (Lipinski definition) is 1. The van der Waals surface area contributed by atoms with Gasteiger partial charge in [0, 0.05) is 11.5 Å². The fraction of sp³-hybridized carbons (Fsp3) is 0.385. The van der Waals surface area contributed by atoms with Crippen LogP contribution in [-0.4, -0.2) is 24.0 Å². The molecule has 0 bridgehead atoms. The van der Waals surface area contributed by atoms with Crippen LogP contribution in [0.4, 0.5) is 0 Å². The molecular weight excluding hydrogens is 220 g/mol. The quantitative estimate of drug-likeness (QED) is 0.867. The number of carbonyl (C=O) groups is 2. The van der Waals surface area contributed by atoms with E-state index in [-0.39, 0.29) is 18.1 Å². The van der Waals surface area contributed by atoms with Crippen molar-refractivity contribution in [1.29, 1.82) is 0 Å². The lowest BCUT2D eigenvalue weighted by Gasteiger charge is -2.22. The number of carboxylic acids is 1. The molecule has 0 saturated heterocycles. The Morgan fingerprint density at radius 2 is 2.29 bits per heavy atom. The van der Waals surface area contributed by atoms with Crippen LogP contribution in [0, 0.1) is 5.92 Å². The summed E-state index contributed by atoms with van der Waals surface area (Å²) in [5.41, 5.74) is 1.60. The van der Waals surface area contributed by atoms with E-state index in [1.54, 1.807) is 19.2 Å². The van der Waals surface area contributed by atoms with Crippen molar-refractivity contribution in [1.82, 2.24) is 0 Å². The largest absolute Gasteiger partial charge is 0.497 e. The van der Waals surface area contributed by atoms with E-state index in [2.05, 4.69) is 0 Å². The number of methoxy groups -OCH3 is 1. The van der Waals surface area contributed by atoms with E-state index in [1.807, 2.05) is 6.07 Å². The van der Waals surface area contributed by atoms with Crippen molar-refractivity contribution < 1.29 is 19.4 Å². The van der Waals surface area contributed by atoms with Gasteiger partial charge in [0.2, 0.25) is 0 Å². The van der Waals surface area contributed by atoms with Crippen molar-refractivity contribution in [3.05, 3.63) is 29.3 Å². The van der Waals surface area contributed by atoms with Gasteiger partial charge in [0.25, 0.3) is 0 Å². The number of fused-ring (bicyclic) bond motifs is 1. The number of ether oxygens (including phenoxy) is 1. The third kappa shape index (κ3) is 2.30. The van der Waals surface area contributed by atoms with E-state index in [0.29, 0.717) is 12.0 Å². The summed E-state index contributed by atoms with van der Waals surface area (Å²) in [5, 5.41) is 8.74. The van der Waals surface area contributed by atoms with Gasteiger partial charge in [0.05, 0.1) is 13.5 Å². The molecule has 4 nitrogen and oxygen atoms in total. The fourth-order valence-corrected chi connectivity index (χ4v) is 2.23. The first-order valence-electron chi connectivity index (χ1n) is 5.54. The number of ketones is 1. The van der Waals surface area contributed by atoms with E-state index in [0.717, 1.165) is 17.7 Å². The van der Waals surface area contributed by atoms with Crippen LogP contribution < -0.4 is 4.74 Å². The number of hydrogen-bond acceptors (Lipinski definition) is 3. The first kappa shape index (κ1) is 11.6. The molecule has 1 N–H and O–H groups in total. The Balaban J connectivity index is 2.27. The molecule has 0 fully saturated rings. The third-order valence-corrected chi connectivity index (χ3v) is 3.13. The topological polar surface area (TPSA) is 63.6 Å². The molecule has 17 heavy (non-hydrogen) atoms. The lowest BCUT2D eigenvalue weighted by Crippen LogP contribution is -2.24. The predicted octanol–water partition coefficient (Wildman–Crippen LogP) is 1.92. The first-order chi connectivity index (χ1) is 8.11. The zero-order chi connectivity index (χ0) is 12.4. The molecule has 0 aromatic heterocycles. The number of aryl methyl sites for hydroxylation is 1. The maximum Gasteiger partial charge on any atom is 0.304 e. The molecule has 0 spiro atoms. The number of rotatable bonds is 3. The molecule has 1 aliphatic carbocycles. The average Bonchev–Trinajstić information content (AvgIpc) is 2.32.